The quantitative estimate of drug-likeness (QED) is 0.795. The number of aliphatic hydroxyl groups is 1. The van der Waals surface area contributed by atoms with E-state index in [0.717, 1.165) is 16.2 Å². The zero-order valence-electron chi connectivity index (χ0n) is 9.03. The molecule has 0 radical (unpaired) electrons. The zero-order chi connectivity index (χ0) is 11.3. The van der Waals surface area contributed by atoms with E-state index in [1.807, 2.05) is 12.1 Å². The van der Waals surface area contributed by atoms with Gasteiger partial charge in [-0.2, -0.15) is 5.26 Å². The fraction of sp³-hybridized carbons (Fsp3) is 0.417. The lowest BCUT2D eigenvalue weighted by molar-refractivity contribution is 0.281. The van der Waals surface area contributed by atoms with E-state index in [4.69, 9.17) is 10.4 Å². The Labute approximate surface area is 94.9 Å². The Kier molecular flexibility index (Phi) is 4.67. The van der Waals surface area contributed by atoms with Gasteiger partial charge in [-0.1, -0.05) is 19.9 Å². The zero-order valence-corrected chi connectivity index (χ0v) is 9.84. The number of hydrogen-bond donors (Lipinski definition) is 1. The summed E-state index contributed by atoms with van der Waals surface area (Å²) in [5.74, 6) is 1.62. The van der Waals surface area contributed by atoms with E-state index >= 15 is 0 Å². The minimum absolute atomic E-state index is 0.0101. The van der Waals surface area contributed by atoms with E-state index in [1.165, 1.54) is 0 Å². The third kappa shape index (κ3) is 3.58. The van der Waals surface area contributed by atoms with Crippen LogP contribution in [0.2, 0.25) is 0 Å². The van der Waals surface area contributed by atoms with Crippen LogP contribution in [0.1, 0.15) is 25.0 Å². The first-order chi connectivity index (χ1) is 7.17. The van der Waals surface area contributed by atoms with Gasteiger partial charge in [-0.25, -0.2) is 0 Å². The standard InChI is InChI=1S/C12H15NOS/c1-9(2)8-15-12-4-3-10(7-14)5-11(12)6-13/h3-5,9,14H,7-8H2,1-2H3. The summed E-state index contributed by atoms with van der Waals surface area (Å²) in [4.78, 5) is 1.00. The lowest BCUT2D eigenvalue weighted by Gasteiger charge is -2.07. The van der Waals surface area contributed by atoms with Gasteiger partial charge in [-0.05, 0) is 23.6 Å². The fourth-order valence-electron chi connectivity index (χ4n) is 1.15. The molecule has 0 saturated carbocycles. The van der Waals surface area contributed by atoms with E-state index in [-0.39, 0.29) is 6.61 Å². The van der Waals surface area contributed by atoms with Crippen LogP contribution < -0.4 is 0 Å². The molecule has 1 N–H and O–H groups in total. The molecule has 0 aliphatic carbocycles. The van der Waals surface area contributed by atoms with Gasteiger partial charge in [0.05, 0.1) is 12.2 Å². The van der Waals surface area contributed by atoms with E-state index in [1.54, 1.807) is 17.8 Å². The number of nitrogens with zero attached hydrogens (tertiary/aromatic N) is 1. The second-order valence-electron chi connectivity index (χ2n) is 3.81. The molecule has 0 fully saturated rings. The predicted octanol–water partition coefficient (Wildman–Crippen LogP) is 2.80. The molecule has 2 nitrogen and oxygen atoms in total. The summed E-state index contributed by atoms with van der Waals surface area (Å²) in [6, 6.07) is 7.69. The van der Waals surface area contributed by atoms with E-state index in [9.17, 15) is 0 Å². The molecule has 3 heteroatoms. The molecule has 15 heavy (non-hydrogen) atoms. The molecule has 0 amide bonds. The molecule has 0 saturated heterocycles. The predicted molar refractivity (Wildman–Crippen MR) is 62.6 cm³/mol. The molecule has 80 valence electrons. The average molecular weight is 221 g/mol. The van der Waals surface area contributed by atoms with Crippen molar-refractivity contribution in [2.75, 3.05) is 5.75 Å². The maximum Gasteiger partial charge on any atom is 0.100 e. The summed E-state index contributed by atoms with van der Waals surface area (Å²) in [7, 11) is 0. The highest BCUT2D eigenvalue weighted by Crippen LogP contribution is 2.25. The Bertz CT molecular complexity index is 368. The second-order valence-corrected chi connectivity index (χ2v) is 4.87. The van der Waals surface area contributed by atoms with Gasteiger partial charge < -0.3 is 5.11 Å². The third-order valence-electron chi connectivity index (χ3n) is 1.92. The van der Waals surface area contributed by atoms with Crippen molar-refractivity contribution in [3.05, 3.63) is 29.3 Å². The normalized spacial score (nSPS) is 10.3. The molecule has 1 aromatic rings. The van der Waals surface area contributed by atoms with Crippen molar-refractivity contribution in [3.63, 3.8) is 0 Å². The van der Waals surface area contributed by atoms with Crippen molar-refractivity contribution >= 4 is 11.8 Å². The Morgan fingerprint density at radius 3 is 2.73 bits per heavy atom. The van der Waals surface area contributed by atoms with Gasteiger partial charge in [0.25, 0.3) is 0 Å². The van der Waals surface area contributed by atoms with Crippen LogP contribution >= 0.6 is 11.8 Å². The van der Waals surface area contributed by atoms with Crippen molar-refractivity contribution in [1.82, 2.24) is 0 Å². The SMILES string of the molecule is CC(C)CSc1ccc(CO)cc1C#N. The van der Waals surface area contributed by atoms with E-state index < -0.39 is 0 Å². The first kappa shape index (κ1) is 12.1. The highest BCUT2D eigenvalue weighted by molar-refractivity contribution is 7.99. The molecule has 1 aromatic carbocycles. The molecule has 0 aliphatic rings. The van der Waals surface area contributed by atoms with E-state index in [2.05, 4.69) is 19.9 Å². The Balaban J connectivity index is 2.84. The lowest BCUT2D eigenvalue weighted by Crippen LogP contribution is -1.93. The number of nitriles is 1. The van der Waals surface area contributed by atoms with Crippen LogP contribution in [-0.2, 0) is 6.61 Å². The summed E-state index contributed by atoms with van der Waals surface area (Å²) in [6.07, 6.45) is 0. The van der Waals surface area contributed by atoms with E-state index in [0.29, 0.717) is 11.5 Å². The largest absolute Gasteiger partial charge is 0.392 e. The van der Waals surface area contributed by atoms with Crippen LogP contribution in [0.25, 0.3) is 0 Å². The lowest BCUT2D eigenvalue weighted by atomic mass is 10.1. The van der Waals surface area contributed by atoms with Gasteiger partial charge in [0, 0.05) is 10.6 Å². The van der Waals surface area contributed by atoms with Crippen LogP contribution in [0.4, 0.5) is 0 Å². The summed E-state index contributed by atoms with van der Waals surface area (Å²) < 4.78 is 0. The maximum atomic E-state index is 8.96. The number of thioether (sulfide) groups is 1. The first-order valence-corrected chi connectivity index (χ1v) is 5.92. The third-order valence-corrected chi connectivity index (χ3v) is 3.42. The molecule has 0 spiro atoms. The van der Waals surface area contributed by atoms with Crippen LogP contribution in [-0.4, -0.2) is 10.9 Å². The maximum absolute atomic E-state index is 8.96. The summed E-state index contributed by atoms with van der Waals surface area (Å²) >= 11 is 1.69. The number of hydrogen-bond acceptors (Lipinski definition) is 3. The van der Waals surface area contributed by atoms with Crippen LogP contribution in [0.5, 0.6) is 0 Å². The van der Waals surface area contributed by atoms with Gasteiger partial charge in [-0.3, -0.25) is 0 Å². The Hall–Kier alpha value is -0.980. The van der Waals surface area contributed by atoms with Gasteiger partial charge >= 0.3 is 0 Å². The van der Waals surface area contributed by atoms with Crippen LogP contribution in [0.15, 0.2) is 23.1 Å². The molecular weight excluding hydrogens is 206 g/mol. The summed E-state index contributed by atoms with van der Waals surface area (Å²) in [6.45, 7) is 4.30. The van der Waals surface area contributed by atoms with Gasteiger partial charge in [0.2, 0.25) is 0 Å². The topological polar surface area (TPSA) is 44.0 Å². The molecule has 0 aromatic heterocycles. The molecule has 0 unspecified atom stereocenters. The smallest absolute Gasteiger partial charge is 0.100 e. The Morgan fingerprint density at radius 1 is 1.47 bits per heavy atom. The van der Waals surface area contributed by atoms with Crippen molar-refractivity contribution in [2.45, 2.75) is 25.3 Å². The molecule has 0 atom stereocenters. The fourth-order valence-corrected chi connectivity index (χ4v) is 2.08. The summed E-state index contributed by atoms with van der Waals surface area (Å²) in [5.41, 5.74) is 1.45. The molecule has 1 rings (SSSR count). The summed E-state index contributed by atoms with van der Waals surface area (Å²) in [5, 5.41) is 17.9. The van der Waals surface area contributed by atoms with Crippen LogP contribution in [0, 0.1) is 17.2 Å². The first-order valence-electron chi connectivity index (χ1n) is 4.94. The van der Waals surface area contributed by atoms with Crippen molar-refractivity contribution in [3.8, 4) is 6.07 Å². The average Bonchev–Trinajstić information content (AvgIpc) is 2.25. The Morgan fingerprint density at radius 2 is 2.20 bits per heavy atom. The van der Waals surface area contributed by atoms with Crippen molar-refractivity contribution in [1.29, 1.82) is 5.26 Å². The number of rotatable bonds is 4. The molecule has 0 aliphatic heterocycles. The molecule has 0 bridgehead atoms. The molecule has 0 heterocycles. The highest BCUT2D eigenvalue weighted by atomic mass is 32.2. The van der Waals surface area contributed by atoms with Gasteiger partial charge in [0.15, 0.2) is 0 Å². The molecular formula is C12H15NOS. The highest BCUT2D eigenvalue weighted by Gasteiger charge is 2.05. The number of benzene rings is 1. The van der Waals surface area contributed by atoms with Gasteiger partial charge in [0.1, 0.15) is 6.07 Å². The van der Waals surface area contributed by atoms with Crippen molar-refractivity contribution < 1.29 is 5.11 Å². The van der Waals surface area contributed by atoms with Gasteiger partial charge in [-0.15, -0.1) is 11.8 Å². The minimum Gasteiger partial charge on any atom is -0.392 e. The minimum atomic E-state index is -0.0101. The van der Waals surface area contributed by atoms with Crippen LogP contribution in [0.3, 0.4) is 0 Å². The number of aliphatic hydroxyl groups excluding tert-OH is 1. The second kappa shape index (κ2) is 5.79. The monoisotopic (exact) mass is 221 g/mol. The van der Waals surface area contributed by atoms with Crippen molar-refractivity contribution in [2.24, 2.45) is 5.92 Å².